The van der Waals surface area contributed by atoms with Crippen LogP contribution in [0.2, 0.25) is 0 Å². The first kappa shape index (κ1) is 19.8. The molecule has 0 aliphatic heterocycles. The molecule has 142 valence electrons. The lowest BCUT2D eigenvalue weighted by molar-refractivity contribution is -0.385. The third-order valence-corrected chi connectivity index (χ3v) is 3.36. The summed E-state index contributed by atoms with van der Waals surface area (Å²) in [4.78, 5) is 22.2. The van der Waals surface area contributed by atoms with Gasteiger partial charge in [-0.2, -0.15) is 8.78 Å². The molecule has 0 heterocycles. The van der Waals surface area contributed by atoms with E-state index in [1.807, 2.05) is 0 Å². The van der Waals surface area contributed by atoms with E-state index in [1.54, 1.807) is 6.07 Å². The van der Waals surface area contributed by atoms with Crippen molar-refractivity contribution in [1.29, 1.82) is 0 Å². The monoisotopic (exact) mass is 379 g/mol. The highest BCUT2D eigenvalue weighted by Crippen LogP contribution is 2.29. The molecular weight excluding hydrogens is 364 g/mol. The number of halogens is 2. The van der Waals surface area contributed by atoms with Gasteiger partial charge in [-0.1, -0.05) is 18.2 Å². The molecule has 0 spiro atoms. The van der Waals surface area contributed by atoms with Gasteiger partial charge in [-0.25, -0.2) is 4.79 Å². The van der Waals surface area contributed by atoms with Crippen LogP contribution in [0.25, 0.3) is 6.08 Å². The van der Waals surface area contributed by atoms with E-state index in [0.717, 1.165) is 6.08 Å². The number of carbonyl (C=O) groups excluding carboxylic acids is 1. The first-order valence-electron chi connectivity index (χ1n) is 7.60. The topological polar surface area (TPSA) is 87.9 Å². The number of esters is 1. The van der Waals surface area contributed by atoms with Gasteiger partial charge >= 0.3 is 12.6 Å². The zero-order valence-electron chi connectivity index (χ0n) is 14.1. The Bertz CT molecular complexity index is 853. The van der Waals surface area contributed by atoms with Crippen LogP contribution in [0.5, 0.6) is 11.5 Å². The van der Waals surface area contributed by atoms with E-state index in [0.29, 0.717) is 5.56 Å². The van der Waals surface area contributed by atoms with Crippen LogP contribution in [0, 0.1) is 10.1 Å². The number of benzene rings is 2. The summed E-state index contributed by atoms with van der Waals surface area (Å²) in [5.41, 5.74) is 0.608. The Morgan fingerprint density at radius 2 is 1.96 bits per heavy atom. The number of hydrogen-bond acceptors (Lipinski definition) is 6. The lowest BCUT2D eigenvalue weighted by Crippen LogP contribution is -2.05. The number of alkyl halides is 2. The Kier molecular flexibility index (Phi) is 6.81. The van der Waals surface area contributed by atoms with Crippen LogP contribution in [0.1, 0.15) is 11.1 Å². The maximum Gasteiger partial charge on any atom is 0.387 e. The summed E-state index contributed by atoms with van der Waals surface area (Å²) in [6.07, 6.45) is 2.34. The number of para-hydroxylation sites is 1. The zero-order valence-corrected chi connectivity index (χ0v) is 14.1. The van der Waals surface area contributed by atoms with Crippen molar-refractivity contribution in [3.8, 4) is 11.5 Å². The van der Waals surface area contributed by atoms with Crippen molar-refractivity contribution in [2.45, 2.75) is 13.2 Å². The molecule has 0 atom stereocenters. The van der Waals surface area contributed by atoms with Gasteiger partial charge in [0.25, 0.3) is 5.69 Å². The Labute approximate surface area is 152 Å². The van der Waals surface area contributed by atoms with E-state index in [2.05, 4.69) is 4.74 Å². The van der Waals surface area contributed by atoms with Gasteiger partial charge in [0.1, 0.15) is 6.61 Å². The molecule has 0 fully saturated rings. The number of carbonyl (C=O) groups is 1. The number of hydrogen-bond donors (Lipinski definition) is 0. The molecule has 0 aliphatic carbocycles. The summed E-state index contributed by atoms with van der Waals surface area (Å²) in [5, 5.41) is 10.9. The van der Waals surface area contributed by atoms with Crippen LogP contribution < -0.4 is 9.47 Å². The fraction of sp³-hybridized carbons (Fsp3) is 0.167. The molecule has 0 saturated heterocycles. The summed E-state index contributed by atoms with van der Waals surface area (Å²) < 4.78 is 38.9. The van der Waals surface area contributed by atoms with Gasteiger partial charge in [-0.05, 0) is 29.8 Å². The van der Waals surface area contributed by atoms with Crippen molar-refractivity contribution in [2.75, 3.05) is 7.11 Å². The molecular formula is C18H15F2NO6. The lowest BCUT2D eigenvalue weighted by Gasteiger charge is -2.11. The van der Waals surface area contributed by atoms with Crippen LogP contribution >= 0.6 is 0 Å². The van der Waals surface area contributed by atoms with Gasteiger partial charge in [-0.3, -0.25) is 10.1 Å². The molecule has 0 aliphatic rings. The highest BCUT2D eigenvalue weighted by molar-refractivity contribution is 5.87. The van der Waals surface area contributed by atoms with Crippen LogP contribution in [-0.4, -0.2) is 24.6 Å². The molecule has 0 unspecified atom stereocenters. The Hall–Kier alpha value is -3.49. The standard InChI is InChI=1S/C18H15F2NO6/c1-25-16-10-12(6-8-15(16)27-18(19)20)11-26-17(22)9-7-13-4-2-3-5-14(13)21(23)24/h2-10,18H,11H2,1H3/b9-7+. The molecule has 2 aromatic carbocycles. The van der Waals surface area contributed by atoms with Gasteiger partial charge in [0.15, 0.2) is 11.5 Å². The van der Waals surface area contributed by atoms with Crippen molar-refractivity contribution in [2.24, 2.45) is 0 Å². The summed E-state index contributed by atoms with van der Waals surface area (Å²) in [6.45, 7) is -3.14. The first-order valence-corrected chi connectivity index (χ1v) is 7.60. The van der Waals surface area contributed by atoms with Crippen molar-refractivity contribution in [1.82, 2.24) is 0 Å². The predicted molar refractivity (Wildman–Crippen MR) is 91.6 cm³/mol. The summed E-state index contributed by atoms with van der Waals surface area (Å²) in [6, 6.07) is 10.1. The maximum atomic E-state index is 12.3. The van der Waals surface area contributed by atoms with Gasteiger partial charge < -0.3 is 14.2 Å². The molecule has 0 saturated carbocycles. The van der Waals surface area contributed by atoms with Crippen LogP contribution in [0.4, 0.5) is 14.5 Å². The Balaban J connectivity index is 2.00. The van der Waals surface area contributed by atoms with E-state index >= 15 is 0 Å². The van der Waals surface area contributed by atoms with Gasteiger partial charge in [0.2, 0.25) is 0 Å². The second kappa shape index (κ2) is 9.27. The van der Waals surface area contributed by atoms with E-state index < -0.39 is 17.5 Å². The van der Waals surface area contributed by atoms with Crippen LogP contribution in [0.15, 0.2) is 48.5 Å². The van der Waals surface area contributed by atoms with Gasteiger partial charge in [0, 0.05) is 12.1 Å². The molecule has 2 rings (SSSR count). The molecule has 9 heteroatoms. The molecule has 0 N–H and O–H groups in total. The molecule has 0 aromatic heterocycles. The Morgan fingerprint density at radius 3 is 2.63 bits per heavy atom. The second-order valence-electron chi connectivity index (χ2n) is 5.12. The van der Waals surface area contributed by atoms with Crippen molar-refractivity contribution in [3.05, 3.63) is 69.8 Å². The number of nitro benzene ring substituents is 1. The average molecular weight is 379 g/mol. The molecule has 0 bridgehead atoms. The van der Waals surface area contributed by atoms with Gasteiger partial charge in [-0.15, -0.1) is 0 Å². The number of rotatable bonds is 8. The van der Waals surface area contributed by atoms with E-state index in [9.17, 15) is 23.7 Å². The third-order valence-electron chi connectivity index (χ3n) is 3.36. The summed E-state index contributed by atoms with van der Waals surface area (Å²) >= 11 is 0. The largest absolute Gasteiger partial charge is 0.493 e. The normalized spacial score (nSPS) is 10.8. The minimum Gasteiger partial charge on any atom is -0.493 e. The fourth-order valence-corrected chi connectivity index (χ4v) is 2.15. The summed E-state index contributed by atoms with van der Waals surface area (Å²) in [5.74, 6) is -0.793. The first-order chi connectivity index (χ1) is 12.9. The quantitative estimate of drug-likeness (QED) is 0.299. The predicted octanol–water partition coefficient (Wildman–Crippen LogP) is 3.96. The highest BCUT2D eigenvalue weighted by atomic mass is 19.3. The van der Waals surface area contributed by atoms with Gasteiger partial charge in [0.05, 0.1) is 17.6 Å². The molecule has 2 aromatic rings. The van der Waals surface area contributed by atoms with E-state index in [4.69, 9.17) is 9.47 Å². The highest BCUT2D eigenvalue weighted by Gasteiger charge is 2.12. The molecule has 27 heavy (non-hydrogen) atoms. The second-order valence-corrected chi connectivity index (χ2v) is 5.12. The number of methoxy groups -OCH3 is 1. The fourth-order valence-electron chi connectivity index (χ4n) is 2.15. The third kappa shape index (κ3) is 5.77. The zero-order chi connectivity index (χ0) is 19.8. The SMILES string of the molecule is COc1cc(COC(=O)/C=C/c2ccccc2[N+](=O)[O-])ccc1OC(F)F. The average Bonchev–Trinajstić information content (AvgIpc) is 2.65. The smallest absolute Gasteiger partial charge is 0.387 e. The van der Waals surface area contributed by atoms with Crippen molar-refractivity contribution in [3.63, 3.8) is 0 Å². The molecule has 0 radical (unpaired) electrons. The molecule has 7 nitrogen and oxygen atoms in total. The van der Waals surface area contributed by atoms with Crippen molar-refractivity contribution >= 4 is 17.7 Å². The number of nitro groups is 1. The maximum absolute atomic E-state index is 12.3. The lowest BCUT2D eigenvalue weighted by atomic mass is 10.1. The summed E-state index contributed by atoms with van der Waals surface area (Å²) in [7, 11) is 1.29. The minimum absolute atomic E-state index is 0.0688. The van der Waals surface area contributed by atoms with Crippen LogP contribution in [0.3, 0.4) is 0 Å². The van der Waals surface area contributed by atoms with E-state index in [1.165, 1.54) is 49.6 Å². The molecule has 0 amide bonds. The number of ether oxygens (including phenoxy) is 3. The van der Waals surface area contributed by atoms with E-state index in [-0.39, 0.29) is 29.4 Å². The van der Waals surface area contributed by atoms with Crippen LogP contribution in [-0.2, 0) is 16.1 Å². The number of nitrogens with zero attached hydrogens (tertiary/aromatic N) is 1. The Morgan fingerprint density at radius 1 is 1.22 bits per heavy atom. The van der Waals surface area contributed by atoms with Crippen molar-refractivity contribution < 1.29 is 32.7 Å². The minimum atomic E-state index is -2.99.